The van der Waals surface area contributed by atoms with Crippen LogP contribution in [-0.4, -0.2) is 65.0 Å². The summed E-state index contributed by atoms with van der Waals surface area (Å²) >= 11 is 1.50. The van der Waals surface area contributed by atoms with Gasteiger partial charge in [-0.05, 0) is 42.2 Å². The van der Waals surface area contributed by atoms with Gasteiger partial charge in [0.05, 0.1) is 6.04 Å². The molecule has 0 bridgehead atoms. The molecule has 10 heteroatoms. The maximum atomic E-state index is 13.3. The maximum absolute atomic E-state index is 13.3. The Morgan fingerprint density at radius 3 is 2.00 bits per heavy atom. The van der Waals surface area contributed by atoms with Gasteiger partial charge in [-0.2, -0.15) is 11.8 Å². The Bertz CT molecular complexity index is 834. The highest BCUT2D eigenvalue weighted by Crippen LogP contribution is 2.09. The third-order valence-electron chi connectivity index (χ3n) is 5.45. The van der Waals surface area contributed by atoms with Crippen molar-refractivity contribution >= 4 is 35.5 Å². The van der Waals surface area contributed by atoms with Crippen LogP contribution in [0.15, 0.2) is 30.3 Å². The molecule has 0 fully saturated rings. The summed E-state index contributed by atoms with van der Waals surface area (Å²) in [4.78, 5) is 50.5. The van der Waals surface area contributed by atoms with Crippen LogP contribution >= 0.6 is 11.8 Å². The summed E-state index contributed by atoms with van der Waals surface area (Å²) in [7, 11) is 0. The van der Waals surface area contributed by atoms with Crippen molar-refractivity contribution in [1.29, 1.82) is 0 Å². The van der Waals surface area contributed by atoms with Gasteiger partial charge in [-0.25, -0.2) is 4.79 Å². The first-order valence-electron chi connectivity index (χ1n) is 11.9. The van der Waals surface area contributed by atoms with E-state index in [4.69, 9.17) is 5.73 Å². The average Bonchev–Trinajstić information content (AvgIpc) is 2.79. The lowest BCUT2D eigenvalue weighted by Crippen LogP contribution is -2.58. The molecule has 0 spiro atoms. The molecular formula is C25H40N4O5S. The van der Waals surface area contributed by atoms with Gasteiger partial charge >= 0.3 is 5.97 Å². The molecule has 3 amide bonds. The summed E-state index contributed by atoms with van der Waals surface area (Å²) < 4.78 is 0. The van der Waals surface area contributed by atoms with Crippen LogP contribution in [0.25, 0.3) is 0 Å². The fraction of sp³-hybridized carbons (Fsp3) is 0.600. The number of aliphatic carboxylic acids is 1. The minimum absolute atomic E-state index is 0.208. The van der Waals surface area contributed by atoms with Crippen molar-refractivity contribution in [2.45, 2.75) is 71.1 Å². The molecule has 1 aromatic carbocycles. The second-order valence-corrected chi connectivity index (χ2v) is 10.4. The van der Waals surface area contributed by atoms with E-state index < -0.39 is 47.9 Å². The molecule has 0 heterocycles. The van der Waals surface area contributed by atoms with E-state index >= 15 is 0 Å². The Balaban J connectivity index is 3.08. The molecule has 0 aromatic heterocycles. The Morgan fingerprint density at radius 2 is 1.49 bits per heavy atom. The van der Waals surface area contributed by atoms with Crippen LogP contribution in [0.5, 0.6) is 0 Å². The molecule has 0 saturated heterocycles. The molecule has 0 aliphatic rings. The second kappa shape index (κ2) is 15.4. The van der Waals surface area contributed by atoms with E-state index in [-0.39, 0.29) is 18.3 Å². The third-order valence-corrected chi connectivity index (χ3v) is 6.10. The summed E-state index contributed by atoms with van der Waals surface area (Å²) in [5, 5.41) is 17.4. The van der Waals surface area contributed by atoms with E-state index in [1.54, 1.807) is 13.8 Å². The number of carboxylic acids is 1. The third kappa shape index (κ3) is 11.1. The van der Waals surface area contributed by atoms with Crippen molar-refractivity contribution in [3.8, 4) is 0 Å². The highest BCUT2D eigenvalue weighted by atomic mass is 32.2. The molecule has 0 aliphatic heterocycles. The van der Waals surface area contributed by atoms with E-state index in [1.807, 2.05) is 50.4 Å². The maximum Gasteiger partial charge on any atom is 0.326 e. The molecule has 1 rings (SSSR count). The molecule has 1 aromatic rings. The van der Waals surface area contributed by atoms with Crippen LogP contribution < -0.4 is 21.7 Å². The number of hydrogen-bond donors (Lipinski definition) is 5. The highest BCUT2D eigenvalue weighted by molar-refractivity contribution is 7.98. The fourth-order valence-corrected chi connectivity index (χ4v) is 3.97. The van der Waals surface area contributed by atoms with E-state index in [0.29, 0.717) is 18.6 Å². The van der Waals surface area contributed by atoms with Gasteiger partial charge in [-0.3, -0.25) is 14.4 Å². The van der Waals surface area contributed by atoms with Crippen molar-refractivity contribution in [2.24, 2.45) is 17.6 Å². The van der Waals surface area contributed by atoms with Gasteiger partial charge in [0.15, 0.2) is 0 Å². The summed E-state index contributed by atoms with van der Waals surface area (Å²) in [6, 6.07) is 5.47. The fourth-order valence-electron chi connectivity index (χ4n) is 3.50. The lowest BCUT2D eigenvalue weighted by atomic mass is 10.0. The minimum atomic E-state index is -1.14. The molecule has 0 saturated carbocycles. The number of benzene rings is 1. The van der Waals surface area contributed by atoms with Gasteiger partial charge in [-0.1, -0.05) is 58.0 Å². The van der Waals surface area contributed by atoms with Crippen molar-refractivity contribution in [3.05, 3.63) is 35.9 Å². The molecule has 196 valence electrons. The standard InChI is InChI=1S/C25H40N4O5S/c1-15(2)13-18(26)22(30)28-20(14-17-9-7-6-8-10-17)24(32)27-19(11-12-35-5)23(31)29-21(16(3)4)25(33)34/h6-10,15-16,18-21H,11-14,26H2,1-5H3,(H,27,32)(H,28,30)(H,29,31)(H,33,34). The van der Waals surface area contributed by atoms with Gasteiger partial charge in [0, 0.05) is 6.42 Å². The van der Waals surface area contributed by atoms with Crippen LogP contribution in [0.1, 0.15) is 46.1 Å². The number of rotatable bonds is 15. The Kier molecular flexibility index (Phi) is 13.4. The molecule has 0 radical (unpaired) electrons. The molecule has 6 N–H and O–H groups in total. The number of hydrogen-bond acceptors (Lipinski definition) is 6. The van der Waals surface area contributed by atoms with Crippen LogP contribution in [0.2, 0.25) is 0 Å². The smallest absolute Gasteiger partial charge is 0.326 e. The first-order chi connectivity index (χ1) is 16.5. The second-order valence-electron chi connectivity index (χ2n) is 9.40. The highest BCUT2D eigenvalue weighted by Gasteiger charge is 2.31. The van der Waals surface area contributed by atoms with Crippen LogP contribution in [0.4, 0.5) is 0 Å². The number of thioether (sulfide) groups is 1. The van der Waals surface area contributed by atoms with Crippen LogP contribution in [-0.2, 0) is 25.6 Å². The van der Waals surface area contributed by atoms with E-state index in [2.05, 4.69) is 16.0 Å². The number of nitrogens with two attached hydrogens (primary N) is 1. The van der Waals surface area contributed by atoms with Gasteiger partial charge < -0.3 is 26.8 Å². The Hall–Kier alpha value is -2.59. The predicted octanol–water partition coefficient (Wildman–Crippen LogP) is 1.55. The molecule has 4 unspecified atom stereocenters. The number of amides is 3. The zero-order valence-corrected chi connectivity index (χ0v) is 22.1. The lowest BCUT2D eigenvalue weighted by Gasteiger charge is -2.26. The number of carbonyl (C=O) groups excluding carboxylic acids is 3. The normalized spacial score (nSPS) is 14.6. The molecule has 4 atom stereocenters. The molecule has 9 nitrogen and oxygen atoms in total. The first-order valence-corrected chi connectivity index (χ1v) is 13.3. The Labute approximate surface area is 212 Å². The summed E-state index contributed by atoms with van der Waals surface area (Å²) in [5.74, 6) is -2.23. The summed E-state index contributed by atoms with van der Waals surface area (Å²) in [6.07, 6.45) is 2.87. The average molecular weight is 509 g/mol. The largest absolute Gasteiger partial charge is 0.480 e. The number of nitrogens with one attached hydrogen (secondary N) is 3. The topological polar surface area (TPSA) is 151 Å². The monoisotopic (exact) mass is 508 g/mol. The Morgan fingerprint density at radius 1 is 0.914 bits per heavy atom. The van der Waals surface area contributed by atoms with Crippen LogP contribution in [0, 0.1) is 11.8 Å². The van der Waals surface area contributed by atoms with E-state index in [0.717, 1.165) is 5.56 Å². The summed E-state index contributed by atoms with van der Waals surface area (Å²) in [5.41, 5.74) is 6.85. The zero-order valence-electron chi connectivity index (χ0n) is 21.2. The van der Waals surface area contributed by atoms with Crippen molar-refractivity contribution in [3.63, 3.8) is 0 Å². The predicted molar refractivity (Wildman–Crippen MR) is 139 cm³/mol. The van der Waals surface area contributed by atoms with Crippen molar-refractivity contribution in [1.82, 2.24) is 16.0 Å². The van der Waals surface area contributed by atoms with Gasteiger partial charge in [0.25, 0.3) is 0 Å². The van der Waals surface area contributed by atoms with Gasteiger partial charge in [-0.15, -0.1) is 0 Å². The molecular weight excluding hydrogens is 468 g/mol. The summed E-state index contributed by atoms with van der Waals surface area (Å²) in [6.45, 7) is 7.30. The van der Waals surface area contributed by atoms with Crippen molar-refractivity contribution in [2.75, 3.05) is 12.0 Å². The number of carboxylic acid groups (broad SMARTS) is 1. The van der Waals surface area contributed by atoms with Gasteiger partial charge in [0.2, 0.25) is 17.7 Å². The van der Waals surface area contributed by atoms with Crippen molar-refractivity contribution < 1.29 is 24.3 Å². The number of carbonyl (C=O) groups is 4. The quantitative estimate of drug-likeness (QED) is 0.241. The molecule has 35 heavy (non-hydrogen) atoms. The molecule has 0 aliphatic carbocycles. The van der Waals surface area contributed by atoms with Crippen LogP contribution in [0.3, 0.4) is 0 Å². The van der Waals surface area contributed by atoms with Gasteiger partial charge in [0.1, 0.15) is 18.1 Å². The van der Waals surface area contributed by atoms with E-state index in [1.165, 1.54) is 11.8 Å². The zero-order chi connectivity index (χ0) is 26.5. The first kappa shape index (κ1) is 30.4. The minimum Gasteiger partial charge on any atom is -0.480 e. The SMILES string of the molecule is CSCCC(NC(=O)C(Cc1ccccc1)NC(=O)C(N)CC(C)C)C(=O)NC(C(=O)O)C(C)C. The van der Waals surface area contributed by atoms with E-state index in [9.17, 15) is 24.3 Å². The lowest BCUT2D eigenvalue weighted by molar-refractivity contribution is -0.143.